The van der Waals surface area contributed by atoms with Gasteiger partial charge in [-0.15, -0.1) is 0 Å². The smallest absolute Gasteiger partial charge is 0.277 e. The summed E-state index contributed by atoms with van der Waals surface area (Å²) in [6, 6.07) is 15.0. The highest BCUT2D eigenvalue weighted by Crippen LogP contribution is 2.25. The number of nitrogens with one attached hydrogen (secondary N) is 2. The molecule has 0 bridgehead atoms. The van der Waals surface area contributed by atoms with Crippen LogP contribution in [-0.2, 0) is 0 Å². The van der Waals surface area contributed by atoms with Crippen LogP contribution in [0.2, 0.25) is 0 Å². The quantitative estimate of drug-likeness (QED) is 0.608. The number of hydrogen-bond acceptors (Lipinski definition) is 4. The van der Waals surface area contributed by atoms with E-state index >= 15 is 0 Å². The zero-order valence-corrected chi connectivity index (χ0v) is 12.6. The first-order valence-corrected chi connectivity index (χ1v) is 7.42. The number of aromatic amines is 1. The molecule has 0 atom stereocenters. The van der Waals surface area contributed by atoms with Crippen molar-refractivity contribution in [2.24, 2.45) is 0 Å². The number of pyridine rings is 2. The number of rotatable bonds is 3. The molecule has 4 aromatic rings. The maximum atomic E-state index is 12.5. The van der Waals surface area contributed by atoms with E-state index in [0.717, 1.165) is 22.0 Å². The molecular weight excluding hydrogens is 302 g/mol. The molecule has 1 amide bonds. The molecule has 0 aliphatic rings. The van der Waals surface area contributed by atoms with Crippen molar-refractivity contribution < 1.29 is 4.79 Å². The number of carbonyl (C=O) groups excluding carboxylic acids is 1. The van der Waals surface area contributed by atoms with E-state index in [1.807, 2.05) is 36.4 Å². The van der Waals surface area contributed by atoms with E-state index in [1.54, 1.807) is 30.7 Å². The number of fused-ring (bicyclic) bond motifs is 1. The first kappa shape index (κ1) is 14.1. The SMILES string of the molecule is O=C(Nc1ccccn1)c1n[nH]c2ccc(-c3cccnc3)cc12. The molecule has 4 rings (SSSR count). The molecule has 0 saturated carbocycles. The molecule has 24 heavy (non-hydrogen) atoms. The van der Waals surface area contributed by atoms with E-state index in [0.29, 0.717) is 11.5 Å². The molecule has 1 aromatic carbocycles. The molecule has 6 heteroatoms. The van der Waals surface area contributed by atoms with Gasteiger partial charge in [0.1, 0.15) is 5.82 Å². The molecule has 0 spiro atoms. The molecule has 2 N–H and O–H groups in total. The van der Waals surface area contributed by atoms with Gasteiger partial charge in [0.2, 0.25) is 0 Å². The van der Waals surface area contributed by atoms with E-state index < -0.39 is 0 Å². The van der Waals surface area contributed by atoms with Crippen LogP contribution in [0, 0.1) is 0 Å². The predicted molar refractivity (Wildman–Crippen MR) is 91.5 cm³/mol. The third-order valence-corrected chi connectivity index (χ3v) is 3.68. The van der Waals surface area contributed by atoms with Gasteiger partial charge in [0, 0.05) is 29.5 Å². The summed E-state index contributed by atoms with van der Waals surface area (Å²) in [5.74, 6) is 0.186. The molecule has 0 fully saturated rings. The molecular formula is C18H13N5O. The van der Waals surface area contributed by atoms with Gasteiger partial charge in [0.05, 0.1) is 5.52 Å². The summed E-state index contributed by atoms with van der Waals surface area (Å²) in [6.45, 7) is 0. The minimum atomic E-state index is -0.303. The van der Waals surface area contributed by atoms with E-state index in [1.165, 1.54) is 0 Å². The van der Waals surface area contributed by atoms with Crippen LogP contribution in [0.5, 0.6) is 0 Å². The Labute approximate surface area is 137 Å². The van der Waals surface area contributed by atoms with Gasteiger partial charge in [-0.05, 0) is 35.9 Å². The van der Waals surface area contributed by atoms with Crippen molar-refractivity contribution in [1.29, 1.82) is 0 Å². The largest absolute Gasteiger partial charge is 0.305 e. The zero-order valence-electron chi connectivity index (χ0n) is 12.6. The lowest BCUT2D eigenvalue weighted by Crippen LogP contribution is -2.13. The number of H-pyrrole nitrogens is 1. The second-order valence-electron chi connectivity index (χ2n) is 5.24. The number of carbonyl (C=O) groups is 1. The highest BCUT2D eigenvalue weighted by atomic mass is 16.2. The number of hydrogen-bond donors (Lipinski definition) is 2. The van der Waals surface area contributed by atoms with Gasteiger partial charge >= 0.3 is 0 Å². The van der Waals surface area contributed by atoms with E-state index in [2.05, 4.69) is 25.5 Å². The zero-order chi connectivity index (χ0) is 16.4. The predicted octanol–water partition coefficient (Wildman–Crippen LogP) is 3.27. The fraction of sp³-hybridized carbons (Fsp3) is 0. The number of benzene rings is 1. The second kappa shape index (κ2) is 5.92. The van der Waals surface area contributed by atoms with Crippen LogP contribution in [0.15, 0.2) is 67.1 Å². The first-order chi connectivity index (χ1) is 11.8. The first-order valence-electron chi connectivity index (χ1n) is 7.42. The second-order valence-corrected chi connectivity index (χ2v) is 5.24. The maximum absolute atomic E-state index is 12.5. The number of aromatic nitrogens is 4. The Kier molecular flexibility index (Phi) is 3.47. The fourth-order valence-electron chi connectivity index (χ4n) is 2.51. The molecule has 0 aliphatic heterocycles. The van der Waals surface area contributed by atoms with Gasteiger partial charge in [-0.2, -0.15) is 5.10 Å². The average molecular weight is 315 g/mol. The summed E-state index contributed by atoms with van der Waals surface area (Å²) in [4.78, 5) is 20.7. The Balaban J connectivity index is 1.72. The minimum Gasteiger partial charge on any atom is -0.305 e. The highest BCUT2D eigenvalue weighted by molar-refractivity contribution is 6.11. The molecule has 116 valence electrons. The Bertz CT molecular complexity index is 996. The lowest BCUT2D eigenvalue weighted by Gasteiger charge is -2.03. The van der Waals surface area contributed by atoms with Crippen molar-refractivity contribution in [3.8, 4) is 11.1 Å². The van der Waals surface area contributed by atoms with Crippen LogP contribution in [0.25, 0.3) is 22.0 Å². The summed E-state index contributed by atoms with van der Waals surface area (Å²) in [5, 5.41) is 10.5. The maximum Gasteiger partial charge on any atom is 0.277 e. The van der Waals surface area contributed by atoms with Crippen molar-refractivity contribution in [1.82, 2.24) is 20.2 Å². The van der Waals surface area contributed by atoms with Crippen LogP contribution >= 0.6 is 0 Å². The Morgan fingerprint density at radius 2 is 1.96 bits per heavy atom. The molecule has 0 unspecified atom stereocenters. The van der Waals surface area contributed by atoms with E-state index in [-0.39, 0.29) is 5.91 Å². The molecule has 3 heterocycles. The highest BCUT2D eigenvalue weighted by Gasteiger charge is 2.15. The average Bonchev–Trinajstić information content (AvgIpc) is 3.06. The van der Waals surface area contributed by atoms with Crippen LogP contribution < -0.4 is 5.32 Å². The Hall–Kier alpha value is -3.54. The van der Waals surface area contributed by atoms with Gasteiger partial charge in [-0.3, -0.25) is 14.9 Å². The summed E-state index contributed by atoms with van der Waals surface area (Å²) >= 11 is 0. The van der Waals surface area contributed by atoms with Crippen molar-refractivity contribution in [2.45, 2.75) is 0 Å². The molecule has 6 nitrogen and oxygen atoms in total. The Morgan fingerprint density at radius 1 is 1.00 bits per heavy atom. The summed E-state index contributed by atoms with van der Waals surface area (Å²) in [6.07, 6.45) is 5.14. The van der Waals surface area contributed by atoms with Gasteiger partial charge in [0.25, 0.3) is 5.91 Å². The molecule has 0 radical (unpaired) electrons. The lowest BCUT2D eigenvalue weighted by molar-refractivity contribution is 0.102. The summed E-state index contributed by atoms with van der Waals surface area (Å²) in [5.41, 5.74) is 3.09. The third-order valence-electron chi connectivity index (χ3n) is 3.68. The van der Waals surface area contributed by atoms with Crippen LogP contribution in [0.3, 0.4) is 0 Å². The number of nitrogens with zero attached hydrogens (tertiary/aromatic N) is 3. The van der Waals surface area contributed by atoms with Crippen molar-refractivity contribution in [2.75, 3.05) is 5.32 Å². The van der Waals surface area contributed by atoms with Gasteiger partial charge in [0.15, 0.2) is 5.69 Å². The normalized spacial score (nSPS) is 10.7. The molecule has 3 aromatic heterocycles. The van der Waals surface area contributed by atoms with Crippen LogP contribution in [0.1, 0.15) is 10.5 Å². The lowest BCUT2D eigenvalue weighted by atomic mass is 10.0. The molecule has 0 saturated heterocycles. The van der Waals surface area contributed by atoms with Crippen molar-refractivity contribution in [3.05, 3.63) is 72.8 Å². The van der Waals surface area contributed by atoms with Crippen LogP contribution in [0.4, 0.5) is 5.82 Å². The van der Waals surface area contributed by atoms with Crippen LogP contribution in [-0.4, -0.2) is 26.1 Å². The van der Waals surface area contributed by atoms with Crippen molar-refractivity contribution >= 4 is 22.6 Å². The van der Waals surface area contributed by atoms with Gasteiger partial charge in [-0.25, -0.2) is 4.98 Å². The van der Waals surface area contributed by atoms with E-state index in [9.17, 15) is 4.79 Å². The van der Waals surface area contributed by atoms with Gasteiger partial charge < -0.3 is 5.32 Å². The van der Waals surface area contributed by atoms with Gasteiger partial charge in [-0.1, -0.05) is 18.2 Å². The summed E-state index contributed by atoms with van der Waals surface area (Å²) < 4.78 is 0. The molecule has 0 aliphatic carbocycles. The summed E-state index contributed by atoms with van der Waals surface area (Å²) in [7, 11) is 0. The van der Waals surface area contributed by atoms with E-state index in [4.69, 9.17) is 0 Å². The fourth-order valence-corrected chi connectivity index (χ4v) is 2.51. The number of amides is 1. The van der Waals surface area contributed by atoms with Crippen molar-refractivity contribution in [3.63, 3.8) is 0 Å². The monoisotopic (exact) mass is 315 g/mol. The third kappa shape index (κ3) is 2.61. The number of anilines is 1. The Morgan fingerprint density at radius 3 is 2.75 bits per heavy atom. The standard InChI is InChI=1S/C18H13N5O/c24-18(21-16-5-1-2-9-20-16)17-14-10-12(6-7-15(14)22-23-17)13-4-3-8-19-11-13/h1-11H,(H,22,23)(H,20,21,24). The minimum absolute atomic E-state index is 0.303. The topological polar surface area (TPSA) is 83.6 Å².